The lowest BCUT2D eigenvalue weighted by Gasteiger charge is -2.30. The van der Waals surface area contributed by atoms with E-state index in [0.717, 1.165) is 35.3 Å². The van der Waals surface area contributed by atoms with Crippen LogP contribution in [-0.2, 0) is 4.79 Å². The number of benzene rings is 2. The highest BCUT2D eigenvalue weighted by Gasteiger charge is 2.24. The second kappa shape index (κ2) is 7.35. The molecule has 0 unspecified atom stereocenters. The van der Waals surface area contributed by atoms with Crippen molar-refractivity contribution in [3.05, 3.63) is 71.3 Å². The lowest BCUT2D eigenvalue weighted by molar-refractivity contribution is -0.127. The van der Waals surface area contributed by atoms with E-state index in [1.165, 1.54) is 17.7 Å². The SMILES string of the molecule is Cc1ccc(/C=C/C(=O)N2CCC(c3nc4ccc(F)cc4[nH]3)CC2)cc1. The summed E-state index contributed by atoms with van der Waals surface area (Å²) in [5.74, 6) is 0.933. The fourth-order valence-corrected chi connectivity index (χ4v) is 3.52. The van der Waals surface area contributed by atoms with Gasteiger partial charge in [-0.15, -0.1) is 0 Å². The number of halogens is 1. The molecule has 4 nitrogen and oxygen atoms in total. The smallest absolute Gasteiger partial charge is 0.246 e. The van der Waals surface area contributed by atoms with Gasteiger partial charge in [-0.2, -0.15) is 0 Å². The van der Waals surface area contributed by atoms with E-state index in [1.807, 2.05) is 42.2 Å². The Labute approximate surface area is 157 Å². The lowest BCUT2D eigenvalue weighted by Crippen LogP contribution is -2.37. The maximum Gasteiger partial charge on any atom is 0.246 e. The predicted octanol–water partition coefficient (Wildman–Crippen LogP) is 4.43. The first-order chi connectivity index (χ1) is 13.1. The molecule has 2 heterocycles. The highest BCUT2D eigenvalue weighted by molar-refractivity contribution is 5.91. The van der Waals surface area contributed by atoms with Crippen molar-refractivity contribution in [2.24, 2.45) is 0 Å². The maximum atomic E-state index is 13.3. The highest BCUT2D eigenvalue weighted by atomic mass is 19.1. The van der Waals surface area contributed by atoms with Crippen molar-refractivity contribution in [3.8, 4) is 0 Å². The van der Waals surface area contributed by atoms with Crippen LogP contribution in [0.5, 0.6) is 0 Å². The number of carbonyl (C=O) groups excluding carboxylic acids is 1. The van der Waals surface area contributed by atoms with Crippen LogP contribution < -0.4 is 0 Å². The second-order valence-electron chi connectivity index (χ2n) is 7.13. The van der Waals surface area contributed by atoms with E-state index in [9.17, 15) is 9.18 Å². The minimum Gasteiger partial charge on any atom is -0.342 e. The monoisotopic (exact) mass is 363 g/mol. The third kappa shape index (κ3) is 3.92. The molecule has 27 heavy (non-hydrogen) atoms. The third-order valence-corrected chi connectivity index (χ3v) is 5.15. The summed E-state index contributed by atoms with van der Waals surface area (Å²) in [4.78, 5) is 22.1. The molecule has 1 N–H and O–H groups in total. The van der Waals surface area contributed by atoms with Gasteiger partial charge in [0.2, 0.25) is 5.91 Å². The van der Waals surface area contributed by atoms with Gasteiger partial charge in [0, 0.05) is 25.1 Å². The Bertz CT molecular complexity index is 982. The molecule has 1 amide bonds. The Kier molecular flexibility index (Phi) is 4.75. The van der Waals surface area contributed by atoms with Gasteiger partial charge in [-0.05, 0) is 49.6 Å². The number of carbonyl (C=O) groups is 1. The van der Waals surface area contributed by atoms with Gasteiger partial charge >= 0.3 is 0 Å². The Morgan fingerprint density at radius 1 is 1.19 bits per heavy atom. The molecular formula is C22H22FN3O. The molecule has 1 saturated heterocycles. The molecular weight excluding hydrogens is 341 g/mol. The van der Waals surface area contributed by atoms with Crippen molar-refractivity contribution in [2.45, 2.75) is 25.7 Å². The van der Waals surface area contributed by atoms with Crippen molar-refractivity contribution in [1.82, 2.24) is 14.9 Å². The third-order valence-electron chi connectivity index (χ3n) is 5.15. The Morgan fingerprint density at radius 2 is 1.93 bits per heavy atom. The van der Waals surface area contributed by atoms with Gasteiger partial charge in [-0.1, -0.05) is 29.8 Å². The number of piperidine rings is 1. The molecule has 1 aromatic heterocycles. The summed E-state index contributed by atoms with van der Waals surface area (Å²) < 4.78 is 13.3. The Balaban J connectivity index is 1.37. The molecule has 0 saturated carbocycles. The molecule has 2 aromatic carbocycles. The van der Waals surface area contributed by atoms with Crippen molar-refractivity contribution in [2.75, 3.05) is 13.1 Å². The van der Waals surface area contributed by atoms with Crippen LogP contribution in [0.25, 0.3) is 17.1 Å². The molecule has 0 radical (unpaired) electrons. The largest absolute Gasteiger partial charge is 0.342 e. The fourth-order valence-electron chi connectivity index (χ4n) is 3.52. The van der Waals surface area contributed by atoms with E-state index in [4.69, 9.17) is 0 Å². The number of aryl methyl sites for hydroxylation is 1. The average molecular weight is 363 g/mol. The number of imidazole rings is 1. The van der Waals surface area contributed by atoms with Gasteiger partial charge in [-0.3, -0.25) is 4.79 Å². The molecule has 1 fully saturated rings. The molecule has 0 aliphatic carbocycles. The first-order valence-electron chi connectivity index (χ1n) is 9.27. The van der Waals surface area contributed by atoms with Crippen molar-refractivity contribution in [3.63, 3.8) is 0 Å². The molecule has 0 bridgehead atoms. The van der Waals surface area contributed by atoms with E-state index >= 15 is 0 Å². The van der Waals surface area contributed by atoms with Crippen LogP contribution in [0.3, 0.4) is 0 Å². The summed E-state index contributed by atoms with van der Waals surface area (Å²) in [6.07, 6.45) is 5.22. The summed E-state index contributed by atoms with van der Waals surface area (Å²) in [5.41, 5.74) is 3.74. The van der Waals surface area contributed by atoms with E-state index in [-0.39, 0.29) is 17.6 Å². The number of amides is 1. The maximum absolute atomic E-state index is 13.3. The summed E-state index contributed by atoms with van der Waals surface area (Å²) >= 11 is 0. The first kappa shape index (κ1) is 17.5. The minimum atomic E-state index is -0.265. The van der Waals surface area contributed by atoms with Crippen molar-refractivity contribution in [1.29, 1.82) is 0 Å². The summed E-state index contributed by atoms with van der Waals surface area (Å²) in [5, 5.41) is 0. The van der Waals surface area contributed by atoms with Crippen LogP contribution in [0.1, 0.15) is 35.7 Å². The van der Waals surface area contributed by atoms with Crippen molar-refractivity contribution < 1.29 is 9.18 Å². The number of hydrogen-bond donors (Lipinski definition) is 1. The van der Waals surface area contributed by atoms with Gasteiger partial charge in [-0.25, -0.2) is 9.37 Å². The number of likely N-dealkylation sites (tertiary alicyclic amines) is 1. The average Bonchev–Trinajstić information content (AvgIpc) is 3.10. The number of aromatic amines is 1. The van der Waals surface area contributed by atoms with Gasteiger partial charge in [0.05, 0.1) is 11.0 Å². The van der Waals surface area contributed by atoms with Crippen LogP contribution in [0.2, 0.25) is 0 Å². The number of H-pyrrole nitrogens is 1. The number of aromatic nitrogens is 2. The second-order valence-corrected chi connectivity index (χ2v) is 7.13. The van der Waals surface area contributed by atoms with Gasteiger partial charge in [0.15, 0.2) is 0 Å². The summed E-state index contributed by atoms with van der Waals surface area (Å²) in [7, 11) is 0. The highest BCUT2D eigenvalue weighted by Crippen LogP contribution is 2.28. The zero-order chi connectivity index (χ0) is 18.8. The standard InChI is InChI=1S/C22H22FN3O/c1-15-2-4-16(5-3-15)6-9-21(27)26-12-10-17(11-13-26)22-24-19-8-7-18(23)14-20(19)25-22/h2-9,14,17H,10-13H2,1H3,(H,24,25)/b9-6+. The van der Waals surface area contributed by atoms with E-state index in [2.05, 4.69) is 9.97 Å². The van der Waals surface area contributed by atoms with E-state index < -0.39 is 0 Å². The molecule has 0 atom stereocenters. The van der Waals surface area contributed by atoms with Crippen LogP contribution in [0.15, 0.2) is 48.5 Å². The Hall–Kier alpha value is -2.95. The molecule has 4 rings (SSSR count). The minimum absolute atomic E-state index is 0.0423. The van der Waals surface area contributed by atoms with E-state index in [0.29, 0.717) is 13.1 Å². The number of fused-ring (bicyclic) bond motifs is 1. The van der Waals surface area contributed by atoms with Crippen molar-refractivity contribution >= 4 is 23.0 Å². The zero-order valence-electron chi connectivity index (χ0n) is 15.3. The molecule has 0 spiro atoms. The van der Waals surface area contributed by atoms with Crippen LogP contribution in [0, 0.1) is 12.7 Å². The predicted molar refractivity (Wildman–Crippen MR) is 105 cm³/mol. The molecule has 1 aliphatic heterocycles. The van der Waals surface area contributed by atoms with Gasteiger partial charge < -0.3 is 9.88 Å². The topological polar surface area (TPSA) is 49.0 Å². The molecule has 3 aromatic rings. The summed E-state index contributed by atoms with van der Waals surface area (Å²) in [6, 6.07) is 12.7. The van der Waals surface area contributed by atoms with Crippen LogP contribution >= 0.6 is 0 Å². The van der Waals surface area contributed by atoms with Gasteiger partial charge in [0.25, 0.3) is 0 Å². The van der Waals surface area contributed by atoms with Crippen LogP contribution in [0.4, 0.5) is 4.39 Å². The molecule has 1 aliphatic rings. The number of nitrogens with zero attached hydrogens (tertiary/aromatic N) is 2. The number of hydrogen-bond acceptors (Lipinski definition) is 2. The molecule has 5 heteroatoms. The normalized spacial score (nSPS) is 15.7. The van der Waals surface area contributed by atoms with Crippen LogP contribution in [-0.4, -0.2) is 33.9 Å². The zero-order valence-corrected chi connectivity index (χ0v) is 15.3. The van der Waals surface area contributed by atoms with Gasteiger partial charge in [0.1, 0.15) is 11.6 Å². The Morgan fingerprint density at radius 3 is 2.67 bits per heavy atom. The number of rotatable bonds is 3. The first-order valence-corrected chi connectivity index (χ1v) is 9.27. The summed E-state index contributed by atoms with van der Waals surface area (Å²) in [6.45, 7) is 3.45. The lowest BCUT2D eigenvalue weighted by atomic mass is 9.96. The molecule has 138 valence electrons. The van der Waals surface area contributed by atoms with E-state index in [1.54, 1.807) is 12.1 Å². The fraction of sp³-hybridized carbons (Fsp3) is 0.273. The number of nitrogens with one attached hydrogen (secondary N) is 1. The quantitative estimate of drug-likeness (QED) is 0.700.